The zero-order valence-electron chi connectivity index (χ0n) is 12.8. The average Bonchev–Trinajstić information content (AvgIpc) is 2.46. The predicted octanol–water partition coefficient (Wildman–Crippen LogP) is 2.22. The van der Waals surface area contributed by atoms with Crippen molar-refractivity contribution in [2.75, 3.05) is 31.9 Å². The summed E-state index contributed by atoms with van der Waals surface area (Å²) >= 11 is 0. The van der Waals surface area contributed by atoms with Gasteiger partial charge in [-0.1, -0.05) is 26.2 Å². The minimum Gasteiger partial charge on any atom is -0.317 e. The van der Waals surface area contributed by atoms with Crippen LogP contribution in [0.25, 0.3) is 0 Å². The number of hydrogen-bond acceptors (Lipinski definition) is 3. The minimum atomic E-state index is -3.06. The Labute approximate surface area is 124 Å². The number of nitrogens with one attached hydrogen (secondary N) is 1. The van der Waals surface area contributed by atoms with E-state index in [1.807, 2.05) is 6.92 Å². The van der Waals surface area contributed by atoms with Crippen molar-refractivity contribution in [2.45, 2.75) is 51.9 Å². The Kier molecular flexibility index (Phi) is 6.30. The third-order valence-electron chi connectivity index (χ3n) is 4.84. The van der Waals surface area contributed by atoms with Crippen LogP contribution in [-0.2, 0) is 10.0 Å². The topological polar surface area (TPSA) is 49.4 Å². The molecule has 1 saturated heterocycles. The Balaban J connectivity index is 1.89. The van der Waals surface area contributed by atoms with Crippen molar-refractivity contribution in [3.8, 4) is 0 Å². The van der Waals surface area contributed by atoms with Crippen molar-refractivity contribution in [1.82, 2.24) is 9.62 Å². The zero-order valence-corrected chi connectivity index (χ0v) is 13.6. The fourth-order valence-electron chi connectivity index (χ4n) is 3.55. The normalized spacial score (nSPS) is 23.3. The Morgan fingerprint density at radius 1 is 1.00 bits per heavy atom. The summed E-state index contributed by atoms with van der Waals surface area (Å²) in [5, 5.41) is 3.34. The summed E-state index contributed by atoms with van der Waals surface area (Å²) in [4.78, 5) is 0. The average molecular weight is 302 g/mol. The summed E-state index contributed by atoms with van der Waals surface area (Å²) in [5.74, 6) is 1.32. The maximum absolute atomic E-state index is 12.6. The van der Waals surface area contributed by atoms with Crippen LogP contribution in [0.3, 0.4) is 0 Å². The molecule has 118 valence electrons. The molecule has 1 heterocycles. The smallest absolute Gasteiger partial charge is 0.214 e. The van der Waals surface area contributed by atoms with Crippen molar-refractivity contribution in [3.63, 3.8) is 0 Å². The van der Waals surface area contributed by atoms with Crippen LogP contribution in [-0.4, -0.2) is 44.7 Å². The van der Waals surface area contributed by atoms with Gasteiger partial charge in [-0.3, -0.25) is 0 Å². The first-order chi connectivity index (χ1) is 9.62. The summed E-state index contributed by atoms with van der Waals surface area (Å²) in [6.45, 7) is 5.39. The second-order valence-electron chi connectivity index (χ2n) is 6.43. The van der Waals surface area contributed by atoms with E-state index in [4.69, 9.17) is 0 Å². The van der Waals surface area contributed by atoms with Crippen LogP contribution in [0, 0.1) is 11.8 Å². The second-order valence-corrected chi connectivity index (χ2v) is 8.44. The van der Waals surface area contributed by atoms with Gasteiger partial charge in [0.2, 0.25) is 10.0 Å². The number of rotatable bonds is 6. The molecule has 5 heteroatoms. The highest BCUT2D eigenvalue weighted by molar-refractivity contribution is 7.89. The van der Waals surface area contributed by atoms with Crippen LogP contribution in [0.4, 0.5) is 0 Å². The lowest BCUT2D eigenvalue weighted by atomic mass is 9.91. The van der Waals surface area contributed by atoms with Gasteiger partial charge in [0.1, 0.15) is 0 Å². The lowest BCUT2D eigenvalue weighted by Gasteiger charge is -2.30. The molecule has 1 aliphatic carbocycles. The molecule has 20 heavy (non-hydrogen) atoms. The molecule has 2 fully saturated rings. The van der Waals surface area contributed by atoms with E-state index >= 15 is 0 Å². The summed E-state index contributed by atoms with van der Waals surface area (Å²) in [6.07, 6.45) is 8.11. The van der Waals surface area contributed by atoms with Crippen LogP contribution >= 0.6 is 0 Å². The standard InChI is InChI=1S/C15H30N2O2S/c1-2-17(12-14-8-10-16-11-9-14)20(18,19)13-15-6-4-3-5-7-15/h14-16H,2-13H2,1H3. The molecule has 0 aromatic carbocycles. The van der Waals surface area contributed by atoms with Crippen LogP contribution in [0.15, 0.2) is 0 Å². The third kappa shape index (κ3) is 4.71. The number of piperidine rings is 1. The van der Waals surface area contributed by atoms with Gasteiger partial charge in [0, 0.05) is 13.1 Å². The van der Waals surface area contributed by atoms with E-state index in [1.54, 1.807) is 4.31 Å². The first-order valence-electron chi connectivity index (χ1n) is 8.30. The van der Waals surface area contributed by atoms with E-state index in [2.05, 4.69) is 5.32 Å². The first-order valence-corrected chi connectivity index (χ1v) is 9.91. The molecule has 2 rings (SSSR count). The largest absolute Gasteiger partial charge is 0.317 e. The van der Waals surface area contributed by atoms with Gasteiger partial charge in [-0.25, -0.2) is 12.7 Å². The lowest BCUT2D eigenvalue weighted by molar-refractivity contribution is 0.290. The summed E-state index contributed by atoms with van der Waals surface area (Å²) in [5.41, 5.74) is 0. The molecular formula is C15H30N2O2S. The highest BCUT2D eigenvalue weighted by Gasteiger charge is 2.28. The monoisotopic (exact) mass is 302 g/mol. The summed E-state index contributed by atoms with van der Waals surface area (Å²) < 4.78 is 27.0. The molecular weight excluding hydrogens is 272 g/mol. The highest BCUT2D eigenvalue weighted by Crippen LogP contribution is 2.26. The molecule has 0 bridgehead atoms. The third-order valence-corrected chi connectivity index (χ3v) is 6.92. The number of hydrogen-bond donors (Lipinski definition) is 1. The molecule has 1 N–H and O–H groups in total. The van der Waals surface area contributed by atoms with E-state index in [-0.39, 0.29) is 0 Å². The van der Waals surface area contributed by atoms with Gasteiger partial charge >= 0.3 is 0 Å². The van der Waals surface area contributed by atoms with E-state index in [0.29, 0.717) is 24.1 Å². The Morgan fingerprint density at radius 3 is 2.25 bits per heavy atom. The summed E-state index contributed by atoms with van der Waals surface area (Å²) in [7, 11) is -3.06. The molecule has 1 saturated carbocycles. The Bertz CT molecular complexity index is 371. The molecule has 0 radical (unpaired) electrons. The number of sulfonamides is 1. The van der Waals surface area contributed by atoms with Crippen LogP contribution in [0.5, 0.6) is 0 Å². The van der Waals surface area contributed by atoms with E-state index in [0.717, 1.165) is 45.3 Å². The Hall–Kier alpha value is -0.130. The Morgan fingerprint density at radius 2 is 1.65 bits per heavy atom. The van der Waals surface area contributed by atoms with Crippen LogP contribution in [0.2, 0.25) is 0 Å². The molecule has 0 amide bonds. The fraction of sp³-hybridized carbons (Fsp3) is 1.00. The predicted molar refractivity (Wildman–Crippen MR) is 83.2 cm³/mol. The van der Waals surface area contributed by atoms with E-state index in [1.165, 1.54) is 19.3 Å². The van der Waals surface area contributed by atoms with Crippen molar-refractivity contribution >= 4 is 10.0 Å². The van der Waals surface area contributed by atoms with Crippen LogP contribution < -0.4 is 5.32 Å². The highest BCUT2D eigenvalue weighted by atomic mass is 32.2. The van der Waals surface area contributed by atoms with Crippen molar-refractivity contribution < 1.29 is 8.42 Å². The molecule has 2 aliphatic rings. The molecule has 1 aliphatic heterocycles. The van der Waals surface area contributed by atoms with E-state index in [9.17, 15) is 8.42 Å². The zero-order chi connectivity index (χ0) is 14.4. The SMILES string of the molecule is CCN(CC1CCNCC1)S(=O)(=O)CC1CCCCC1. The maximum atomic E-state index is 12.6. The van der Waals surface area contributed by atoms with Gasteiger partial charge in [-0.05, 0) is 50.6 Å². The van der Waals surface area contributed by atoms with Crippen molar-refractivity contribution in [2.24, 2.45) is 11.8 Å². The van der Waals surface area contributed by atoms with Gasteiger partial charge < -0.3 is 5.32 Å². The van der Waals surface area contributed by atoms with Gasteiger partial charge in [0.15, 0.2) is 0 Å². The van der Waals surface area contributed by atoms with Gasteiger partial charge in [-0.2, -0.15) is 0 Å². The minimum absolute atomic E-state index is 0.381. The molecule has 0 aromatic heterocycles. The molecule has 0 unspecified atom stereocenters. The fourth-order valence-corrected chi connectivity index (χ4v) is 5.52. The number of nitrogens with zero attached hydrogens (tertiary/aromatic N) is 1. The van der Waals surface area contributed by atoms with E-state index < -0.39 is 10.0 Å². The first kappa shape index (κ1) is 16.2. The maximum Gasteiger partial charge on any atom is 0.214 e. The second kappa shape index (κ2) is 7.76. The lowest BCUT2D eigenvalue weighted by Crippen LogP contribution is -2.41. The van der Waals surface area contributed by atoms with Gasteiger partial charge in [-0.15, -0.1) is 0 Å². The molecule has 0 aromatic rings. The quantitative estimate of drug-likeness (QED) is 0.818. The van der Waals surface area contributed by atoms with Crippen molar-refractivity contribution in [1.29, 1.82) is 0 Å². The van der Waals surface area contributed by atoms with Crippen LogP contribution in [0.1, 0.15) is 51.9 Å². The van der Waals surface area contributed by atoms with Gasteiger partial charge in [0.25, 0.3) is 0 Å². The van der Waals surface area contributed by atoms with Crippen molar-refractivity contribution in [3.05, 3.63) is 0 Å². The molecule has 4 nitrogen and oxygen atoms in total. The summed E-state index contributed by atoms with van der Waals surface area (Å²) in [6, 6.07) is 0. The molecule has 0 spiro atoms. The molecule has 0 atom stereocenters. The van der Waals surface area contributed by atoms with Gasteiger partial charge in [0.05, 0.1) is 5.75 Å².